The first-order valence-corrected chi connectivity index (χ1v) is 17.0. The van der Waals surface area contributed by atoms with Crippen molar-refractivity contribution in [3.63, 3.8) is 0 Å². The molecule has 0 aromatic heterocycles. The molecular formula is C43H48N2O4. The van der Waals surface area contributed by atoms with E-state index in [1.54, 1.807) is 6.08 Å². The van der Waals surface area contributed by atoms with Gasteiger partial charge in [0.15, 0.2) is 5.75 Å². The first-order chi connectivity index (χ1) is 23.3. The van der Waals surface area contributed by atoms with E-state index in [1.807, 2.05) is 81.6 Å². The summed E-state index contributed by atoms with van der Waals surface area (Å²) in [5.74, 6) is 0.832. The number of benzene rings is 4. The molecule has 0 amide bonds. The molecule has 4 aromatic rings. The van der Waals surface area contributed by atoms with E-state index in [4.69, 9.17) is 14.5 Å². The van der Waals surface area contributed by atoms with E-state index in [0.717, 1.165) is 35.3 Å². The smallest absolute Gasteiger partial charge is 0.336 e. The Morgan fingerprint density at radius 2 is 1.14 bits per heavy atom. The summed E-state index contributed by atoms with van der Waals surface area (Å²) in [5, 5.41) is 0. The highest BCUT2D eigenvalue weighted by molar-refractivity contribution is 5.89. The molecule has 0 fully saturated rings. The standard InChI is InChI=1S/C43H48N2O4/c1-41(2)28-43(38-26-34(20-22-36(38)41)48-40(46)24-15-31-13-18-33(19-14-31)45(7)8)29-42(3,4)37-23-21-35(27-39(37)43)49-47-25-9-10-30-11-16-32(17-12-30)44(5)6/h9-24,26-27H,25,28-29H2,1-8H3/b10-9+,24-15+. The molecule has 0 saturated heterocycles. The van der Waals surface area contributed by atoms with Gasteiger partial charge < -0.3 is 19.4 Å². The third-order valence-corrected chi connectivity index (χ3v) is 10.0. The van der Waals surface area contributed by atoms with Crippen molar-refractivity contribution in [1.29, 1.82) is 0 Å². The fourth-order valence-corrected chi connectivity index (χ4v) is 7.83. The van der Waals surface area contributed by atoms with E-state index in [2.05, 4.69) is 81.1 Å². The molecule has 4 aromatic carbocycles. The van der Waals surface area contributed by atoms with Crippen LogP contribution in [0, 0.1) is 0 Å². The Hall–Kier alpha value is -4.81. The molecule has 49 heavy (non-hydrogen) atoms. The Labute approximate surface area is 291 Å². The lowest BCUT2D eigenvalue weighted by Gasteiger charge is -2.30. The molecule has 0 saturated carbocycles. The molecule has 0 aliphatic heterocycles. The topological polar surface area (TPSA) is 51.2 Å². The van der Waals surface area contributed by atoms with Crippen molar-refractivity contribution < 1.29 is 19.3 Å². The molecule has 1 unspecified atom stereocenters. The van der Waals surface area contributed by atoms with Crippen LogP contribution in [0.2, 0.25) is 0 Å². The van der Waals surface area contributed by atoms with Crippen molar-refractivity contribution in [2.75, 3.05) is 44.6 Å². The normalized spacial score (nSPS) is 18.5. The molecule has 254 valence electrons. The highest BCUT2D eigenvalue weighted by Crippen LogP contribution is 2.63. The molecule has 0 N–H and O–H groups in total. The van der Waals surface area contributed by atoms with Gasteiger partial charge in [-0.2, -0.15) is 4.89 Å². The molecular weight excluding hydrogens is 608 g/mol. The van der Waals surface area contributed by atoms with Crippen LogP contribution in [-0.4, -0.2) is 40.8 Å². The molecule has 1 spiro atoms. The van der Waals surface area contributed by atoms with Crippen molar-refractivity contribution in [2.24, 2.45) is 0 Å². The number of esters is 1. The minimum atomic E-state index is -0.400. The molecule has 0 radical (unpaired) electrons. The number of carbonyl (C=O) groups is 1. The largest absolute Gasteiger partial charge is 0.423 e. The van der Waals surface area contributed by atoms with E-state index < -0.39 is 5.97 Å². The van der Waals surface area contributed by atoms with Gasteiger partial charge in [0, 0.05) is 51.1 Å². The van der Waals surface area contributed by atoms with Crippen LogP contribution in [0.25, 0.3) is 12.2 Å². The zero-order chi connectivity index (χ0) is 35.0. The fraction of sp³-hybridized carbons (Fsp3) is 0.326. The maximum Gasteiger partial charge on any atom is 0.336 e. The lowest BCUT2D eigenvalue weighted by Crippen LogP contribution is -2.27. The number of carbonyl (C=O) groups excluding carboxylic acids is 1. The van der Waals surface area contributed by atoms with Crippen LogP contribution in [-0.2, 0) is 25.9 Å². The first-order valence-electron chi connectivity index (χ1n) is 17.0. The number of nitrogens with zero attached hydrogens (tertiary/aromatic N) is 2. The number of anilines is 2. The molecule has 2 aliphatic rings. The molecule has 0 bridgehead atoms. The van der Waals surface area contributed by atoms with Crippen LogP contribution in [0.4, 0.5) is 11.4 Å². The van der Waals surface area contributed by atoms with E-state index in [1.165, 1.54) is 28.3 Å². The summed E-state index contributed by atoms with van der Waals surface area (Å²) in [6.07, 6.45) is 9.17. The van der Waals surface area contributed by atoms with Crippen LogP contribution in [0.1, 0.15) is 73.9 Å². The molecule has 1 atom stereocenters. The predicted octanol–water partition coefficient (Wildman–Crippen LogP) is 9.11. The van der Waals surface area contributed by atoms with Gasteiger partial charge in [-0.05, 0) is 112 Å². The molecule has 6 nitrogen and oxygen atoms in total. The number of hydrogen-bond donors (Lipinski definition) is 0. The van der Waals surface area contributed by atoms with Gasteiger partial charge >= 0.3 is 5.97 Å². The monoisotopic (exact) mass is 656 g/mol. The van der Waals surface area contributed by atoms with Gasteiger partial charge in [-0.15, -0.1) is 0 Å². The van der Waals surface area contributed by atoms with Gasteiger partial charge in [0.25, 0.3) is 0 Å². The summed E-state index contributed by atoms with van der Waals surface area (Å²) in [6.45, 7) is 9.58. The van der Waals surface area contributed by atoms with Gasteiger partial charge in [0.05, 0.1) is 0 Å². The molecule has 6 heteroatoms. The van der Waals surface area contributed by atoms with Gasteiger partial charge in [0.2, 0.25) is 0 Å². The van der Waals surface area contributed by atoms with Crippen LogP contribution in [0.3, 0.4) is 0 Å². The third kappa shape index (κ3) is 7.02. The van der Waals surface area contributed by atoms with Gasteiger partial charge in [-0.3, -0.25) is 0 Å². The number of fused-ring (bicyclic) bond motifs is 4. The maximum absolute atomic E-state index is 13.0. The molecule has 2 aliphatic carbocycles. The molecule has 0 heterocycles. The fourth-order valence-electron chi connectivity index (χ4n) is 7.83. The van der Waals surface area contributed by atoms with E-state index in [-0.39, 0.29) is 16.2 Å². The Kier molecular flexibility index (Phi) is 9.21. The van der Waals surface area contributed by atoms with Crippen molar-refractivity contribution in [1.82, 2.24) is 0 Å². The Morgan fingerprint density at radius 1 is 0.653 bits per heavy atom. The summed E-state index contributed by atoms with van der Waals surface area (Å²) < 4.78 is 5.89. The van der Waals surface area contributed by atoms with Crippen molar-refractivity contribution in [3.8, 4) is 11.5 Å². The highest BCUT2D eigenvalue weighted by Gasteiger charge is 2.56. The lowest BCUT2D eigenvalue weighted by atomic mass is 9.72. The summed E-state index contributed by atoms with van der Waals surface area (Å²) in [6, 6.07) is 28.9. The minimum absolute atomic E-state index is 0.0468. The predicted molar refractivity (Wildman–Crippen MR) is 201 cm³/mol. The van der Waals surface area contributed by atoms with E-state index in [0.29, 0.717) is 18.1 Å². The van der Waals surface area contributed by atoms with Gasteiger partial charge in [-0.1, -0.05) is 76.2 Å². The van der Waals surface area contributed by atoms with Crippen molar-refractivity contribution >= 4 is 29.5 Å². The lowest BCUT2D eigenvalue weighted by molar-refractivity contribution is -0.195. The quantitative estimate of drug-likeness (QED) is 0.0424. The third-order valence-electron chi connectivity index (χ3n) is 10.0. The number of ether oxygens (including phenoxy) is 1. The number of hydrogen-bond acceptors (Lipinski definition) is 6. The van der Waals surface area contributed by atoms with E-state index >= 15 is 0 Å². The second-order valence-electron chi connectivity index (χ2n) is 15.1. The second kappa shape index (κ2) is 13.2. The maximum atomic E-state index is 13.0. The minimum Gasteiger partial charge on any atom is -0.423 e. The summed E-state index contributed by atoms with van der Waals surface area (Å²) >= 11 is 0. The van der Waals surface area contributed by atoms with Crippen LogP contribution >= 0.6 is 0 Å². The Morgan fingerprint density at radius 3 is 1.67 bits per heavy atom. The first kappa shape index (κ1) is 34.1. The second-order valence-corrected chi connectivity index (χ2v) is 15.1. The Bertz CT molecular complexity index is 1880. The SMILES string of the molecule is CN(C)c1ccc(/C=C/COOc2ccc3c(c2)C2(CC3(C)C)CC(C)(C)c3ccc(OC(=O)/C=C/c4ccc(N(C)C)cc4)cc32)cc1. The average molecular weight is 657 g/mol. The summed E-state index contributed by atoms with van der Waals surface area (Å²) in [5.41, 5.74) is 9.04. The number of rotatable bonds is 10. The van der Waals surface area contributed by atoms with E-state index in [9.17, 15) is 4.79 Å². The zero-order valence-electron chi connectivity index (χ0n) is 30.0. The Balaban J connectivity index is 1.20. The van der Waals surface area contributed by atoms with Crippen molar-refractivity contribution in [2.45, 2.75) is 56.8 Å². The van der Waals surface area contributed by atoms with Crippen LogP contribution < -0.4 is 19.4 Å². The highest BCUT2D eigenvalue weighted by atomic mass is 17.2. The summed E-state index contributed by atoms with van der Waals surface area (Å²) in [7, 11) is 8.07. The molecule has 6 rings (SSSR count). The van der Waals surface area contributed by atoms with Crippen LogP contribution in [0.5, 0.6) is 11.5 Å². The van der Waals surface area contributed by atoms with Crippen LogP contribution in [0.15, 0.2) is 97.1 Å². The average Bonchev–Trinajstić information content (AvgIpc) is 3.42. The van der Waals surface area contributed by atoms with Gasteiger partial charge in [-0.25, -0.2) is 4.79 Å². The van der Waals surface area contributed by atoms with Gasteiger partial charge in [0.1, 0.15) is 12.4 Å². The van der Waals surface area contributed by atoms with Crippen molar-refractivity contribution in [3.05, 3.63) is 130 Å². The summed E-state index contributed by atoms with van der Waals surface area (Å²) in [4.78, 5) is 28.6. The zero-order valence-corrected chi connectivity index (χ0v) is 30.0.